The van der Waals surface area contributed by atoms with Crippen LogP contribution >= 0.6 is 23.5 Å². The van der Waals surface area contributed by atoms with Gasteiger partial charge in [0.15, 0.2) is 0 Å². The predicted molar refractivity (Wildman–Crippen MR) is 148 cm³/mol. The van der Waals surface area contributed by atoms with Gasteiger partial charge in [-0.1, -0.05) is 109 Å². The molecule has 2 heterocycles. The number of nitrogens with zero attached hydrogens (tertiary/aromatic N) is 3. The number of hydrogen-bond donors (Lipinski definition) is 0. The molecule has 0 N–H and O–H groups in total. The fraction of sp³-hybridized carbons (Fsp3) is 0.0345. The van der Waals surface area contributed by atoms with Crippen LogP contribution in [0.1, 0.15) is 11.1 Å². The Kier molecular flexibility index (Phi) is 5.68. The lowest BCUT2D eigenvalue weighted by Gasteiger charge is -2.38. The van der Waals surface area contributed by atoms with Crippen molar-refractivity contribution >= 4 is 51.9 Å². The Morgan fingerprint density at radius 1 is 0.657 bits per heavy atom. The molecule has 4 nitrogen and oxygen atoms in total. The van der Waals surface area contributed by atoms with E-state index < -0.39 is 4.33 Å². The van der Waals surface area contributed by atoms with Crippen LogP contribution in [0.2, 0.25) is 0 Å². The van der Waals surface area contributed by atoms with Crippen LogP contribution in [-0.2, 0) is 4.79 Å². The van der Waals surface area contributed by atoms with Crippen LogP contribution in [0, 0.1) is 0 Å². The Labute approximate surface area is 213 Å². The van der Waals surface area contributed by atoms with Gasteiger partial charge in [-0.3, -0.25) is 9.69 Å². The topological polar surface area (TPSA) is 35.9 Å². The quantitative estimate of drug-likeness (QED) is 0.287. The highest BCUT2D eigenvalue weighted by Gasteiger charge is 2.59. The minimum absolute atomic E-state index is 0.0389. The molecule has 1 saturated heterocycles. The Bertz CT molecular complexity index is 1410. The zero-order valence-electron chi connectivity index (χ0n) is 18.7. The molecule has 1 fully saturated rings. The maximum absolute atomic E-state index is 14.0. The highest BCUT2D eigenvalue weighted by Crippen LogP contribution is 2.59. The van der Waals surface area contributed by atoms with Crippen molar-refractivity contribution in [2.75, 3.05) is 9.91 Å². The van der Waals surface area contributed by atoms with Crippen molar-refractivity contribution < 1.29 is 4.79 Å². The number of para-hydroxylation sites is 2. The van der Waals surface area contributed by atoms with Crippen molar-refractivity contribution in [3.05, 3.63) is 137 Å². The third-order valence-electron chi connectivity index (χ3n) is 5.76. The van der Waals surface area contributed by atoms with Crippen LogP contribution in [0.25, 0.3) is 6.08 Å². The fourth-order valence-corrected chi connectivity index (χ4v) is 7.14. The third-order valence-corrected chi connectivity index (χ3v) is 8.53. The molecule has 6 heteroatoms. The van der Waals surface area contributed by atoms with Crippen LogP contribution in [0.5, 0.6) is 0 Å². The van der Waals surface area contributed by atoms with E-state index in [4.69, 9.17) is 5.10 Å². The smallest absolute Gasteiger partial charge is 0.268 e. The molecule has 4 aromatic carbocycles. The summed E-state index contributed by atoms with van der Waals surface area (Å²) in [5, 5.41) is 7.95. The van der Waals surface area contributed by atoms with Gasteiger partial charge in [-0.05, 0) is 47.7 Å². The first-order chi connectivity index (χ1) is 17.2. The number of hydrazone groups is 1. The molecule has 0 bridgehead atoms. The Hall–Kier alpha value is -3.74. The van der Waals surface area contributed by atoms with Gasteiger partial charge < -0.3 is 0 Å². The number of hydrogen-bond acceptors (Lipinski definition) is 5. The van der Waals surface area contributed by atoms with E-state index in [9.17, 15) is 4.79 Å². The van der Waals surface area contributed by atoms with Crippen LogP contribution < -0.4 is 9.91 Å². The minimum atomic E-state index is -0.842. The molecule has 4 aromatic rings. The van der Waals surface area contributed by atoms with E-state index in [0.717, 1.165) is 27.5 Å². The molecule has 0 aliphatic carbocycles. The van der Waals surface area contributed by atoms with E-state index in [1.54, 1.807) is 11.8 Å². The lowest BCUT2D eigenvalue weighted by molar-refractivity contribution is -0.114. The van der Waals surface area contributed by atoms with E-state index in [1.807, 2.05) is 125 Å². The van der Waals surface area contributed by atoms with Crippen molar-refractivity contribution in [2.24, 2.45) is 5.10 Å². The molecule has 0 saturated carbocycles. The first-order valence-electron chi connectivity index (χ1n) is 11.3. The Morgan fingerprint density at radius 3 is 1.83 bits per heavy atom. The molecule has 1 amide bonds. The largest absolute Gasteiger partial charge is 0.268 e. The molecule has 1 atom stereocenters. The second-order valence-corrected chi connectivity index (χ2v) is 10.7. The van der Waals surface area contributed by atoms with Crippen molar-refractivity contribution in [3.8, 4) is 0 Å². The van der Waals surface area contributed by atoms with Crippen molar-refractivity contribution in [3.63, 3.8) is 0 Å². The molecule has 0 radical (unpaired) electrons. The fourth-order valence-electron chi connectivity index (χ4n) is 4.16. The summed E-state index contributed by atoms with van der Waals surface area (Å²) in [6.45, 7) is 0. The van der Waals surface area contributed by atoms with E-state index in [1.165, 1.54) is 11.8 Å². The molecule has 6 rings (SSSR count). The number of carbonyl (C=O) groups is 1. The highest BCUT2D eigenvalue weighted by molar-refractivity contribution is 8.28. The molecule has 2 aliphatic rings. The predicted octanol–water partition coefficient (Wildman–Crippen LogP) is 7.03. The van der Waals surface area contributed by atoms with Gasteiger partial charge in [0.1, 0.15) is 5.04 Å². The highest BCUT2D eigenvalue weighted by atomic mass is 32.2. The number of thioether (sulfide) groups is 2. The van der Waals surface area contributed by atoms with E-state index in [2.05, 4.69) is 12.1 Å². The summed E-state index contributed by atoms with van der Waals surface area (Å²) in [6, 6.07) is 40.0. The van der Waals surface area contributed by atoms with Crippen LogP contribution in [0.3, 0.4) is 0 Å². The summed E-state index contributed by atoms with van der Waals surface area (Å²) in [5.74, 6) is -0.0389. The van der Waals surface area contributed by atoms with Gasteiger partial charge in [0.05, 0.1) is 10.6 Å². The lowest BCUT2D eigenvalue weighted by atomic mass is 10.2. The lowest BCUT2D eigenvalue weighted by Crippen LogP contribution is -2.51. The first-order valence-corrected chi connectivity index (χ1v) is 12.9. The zero-order chi connectivity index (χ0) is 23.7. The molecular weight excluding hydrogens is 470 g/mol. The second-order valence-electron chi connectivity index (χ2n) is 8.07. The van der Waals surface area contributed by atoms with Crippen LogP contribution in [0.15, 0.2) is 131 Å². The average Bonchev–Trinajstić information content (AvgIpc) is 3.43. The standard InChI is InChI=1S/C29H21N3OS2/c33-28-26(21-22-13-5-1-6-14-22)34-29(31(28)24-17-9-3-10-18-24)32(25-19-11-4-12-20-25)30-27(35-29)23-15-7-2-8-16-23/h1-21H/b26-21-/t29-/m0/s1. The number of benzene rings is 4. The van der Waals surface area contributed by atoms with Crippen LogP contribution in [0.4, 0.5) is 11.4 Å². The Morgan fingerprint density at radius 2 is 1.20 bits per heavy atom. The van der Waals surface area contributed by atoms with E-state index in [0.29, 0.717) is 4.91 Å². The Balaban J connectivity index is 1.53. The molecule has 0 unspecified atom stereocenters. The summed E-state index contributed by atoms with van der Waals surface area (Å²) in [4.78, 5) is 16.6. The molecule has 2 aliphatic heterocycles. The van der Waals surface area contributed by atoms with Crippen molar-refractivity contribution in [2.45, 2.75) is 4.33 Å². The number of amides is 1. The maximum Gasteiger partial charge on any atom is 0.268 e. The molecule has 35 heavy (non-hydrogen) atoms. The average molecular weight is 492 g/mol. The normalized spacial score (nSPS) is 20.6. The monoisotopic (exact) mass is 491 g/mol. The van der Waals surface area contributed by atoms with Crippen molar-refractivity contribution in [1.82, 2.24) is 0 Å². The summed E-state index contributed by atoms with van der Waals surface area (Å²) < 4.78 is -0.842. The molecule has 170 valence electrons. The van der Waals surface area contributed by atoms with Gasteiger partial charge in [-0.2, -0.15) is 5.10 Å². The second kappa shape index (κ2) is 9.13. The molecule has 1 spiro atoms. The molecule has 0 aromatic heterocycles. The summed E-state index contributed by atoms with van der Waals surface area (Å²) in [6.07, 6.45) is 1.97. The SMILES string of the molecule is O=C1/C(=C/c2ccccc2)S[C@]2(SC(c3ccccc3)=NN2c2ccccc2)N1c1ccccc1. The van der Waals surface area contributed by atoms with Gasteiger partial charge >= 0.3 is 0 Å². The molecular formula is C29H21N3OS2. The summed E-state index contributed by atoms with van der Waals surface area (Å²) >= 11 is 3.14. The van der Waals surface area contributed by atoms with Crippen molar-refractivity contribution in [1.29, 1.82) is 0 Å². The van der Waals surface area contributed by atoms with Gasteiger partial charge in [0, 0.05) is 11.3 Å². The first kappa shape index (κ1) is 21.8. The van der Waals surface area contributed by atoms with Gasteiger partial charge in [0.2, 0.25) is 4.33 Å². The minimum Gasteiger partial charge on any atom is -0.268 e. The van der Waals surface area contributed by atoms with Gasteiger partial charge in [-0.25, -0.2) is 5.01 Å². The van der Waals surface area contributed by atoms with E-state index in [-0.39, 0.29) is 5.91 Å². The number of rotatable bonds is 4. The maximum atomic E-state index is 14.0. The van der Waals surface area contributed by atoms with Gasteiger partial charge in [-0.15, -0.1) is 0 Å². The summed E-state index contributed by atoms with van der Waals surface area (Å²) in [5.41, 5.74) is 3.77. The number of carbonyl (C=O) groups excluding carboxylic acids is 1. The third kappa shape index (κ3) is 3.95. The number of anilines is 2. The zero-order valence-corrected chi connectivity index (χ0v) is 20.3. The van der Waals surface area contributed by atoms with E-state index >= 15 is 0 Å². The van der Waals surface area contributed by atoms with Gasteiger partial charge in [0.25, 0.3) is 5.91 Å². The van der Waals surface area contributed by atoms with Crippen LogP contribution in [-0.4, -0.2) is 15.3 Å². The summed E-state index contributed by atoms with van der Waals surface area (Å²) in [7, 11) is 0.